The van der Waals surface area contributed by atoms with Crippen molar-refractivity contribution in [2.75, 3.05) is 17.7 Å². The summed E-state index contributed by atoms with van der Waals surface area (Å²) in [7, 11) is 0. The van der Waals surface area contributed by atoms with E-state index in [2.05, 4.69) is 5.32 Å². The number of benzene rings is 1. The summed E-state index contributed by atoms with van der Waals surface area (Å²) in [5.41, 5.74) is 7.19. The third kappa shape index (κ3) is 2.89. The number of rotatable bonds is 5. The molecule has 1 aromatic rings. The van der Waals surface area contributed by atoms with Gasteiger partial charge in [0.2, 0.25) is 0 Å². The van der Waals surface area contributed by atoms with E-state index in [0.29, 0.717) is 11.3 Å². The Labute approximate surface area is 102 Å². The Morgan fingerprint density at radius 1 is 1.41 bits per heavy atom. The van der Waals surface area contributed by atoms with E-state index in [9.17, 15) is 5.11 Å². The van der Waals surface area contributed by atoms with Gasteiger partial charge in [0.05, 0.1) is 23.4 Å². The van der Waals surface area contributed by atoms with Crippen LogP contribution in [0.15, 0.2) is 18.2 Å². The SMILES string of the molecule is CCC(CC)(CO)Nc1ccc(C#N)c(N)c1. The number of nitriles is 1. The minimum Gasteiger partial charge on any atom is -0.398 e. The van der Waals surface area contributed by atoms with E-state index < -0.39 is 0 Å². The van der Waals surface area contributed by atoms with Crippen LogP contribution in [0.3, 0.4) is 0 Å². The molecule has 92 valence electrons. The second-order valence-electron chi connectivity index (χ2n) is 4.18. The molecule has 0 spiro atoms. The van der Waals surface area contributed by atoms with Gasteiger partial charge in [0.1, 0.15) is 6.07 Å². The lowest BCUT2D eigenvalue weighted by Crippen LogP contribution is -2.40. The Morgan fingerprint density at radius 2 is 2.06 bits per heavy atom. The summed E-state index contributed by atoms with van der Waals surface area (Å²) in [4.78, 5) is 0. The van der Waals surface area contributed by atoms with Gasteiger partial charge in [0.25, 0.3) is 0 Å². The van der Waals surface area contributed by atoms with E-state index in [-0.39, 0.29) is 12.1 Å². The lowest BCUT2D eigenvalue weighted by Gasteiger charge is -2.32. The van der Waals surface area contributed by atoms with Crippen LogP contribution >= 0.6 is 0 Å². The van der Waals surface area contributed by atoms with Gasteiger partial charge in [-0.25, -0.2) is 0 Å². The van der Waals surface area contributed by atoms with E-state index in [1.807, 2.05) is 26.0 Å². The normalized spacial score (nSPS) is 10.9. The molecule has 0 atom stereocenters. The monoisotopic (exact) mass is 233 g/mol. The summed E-state index contributed by atoms with van der Waals surface area (Å²) in [5, 5.41) is 21.5. The third-order valence-electron chi connectivity index (χ3n) is 3.24. The quantitative estimate of drug-likeness (QED) is 0.680. The van der Waals surface area contributed by atoms with Crippen molar-refractivity contribution >= 4 is 11.4 Å². The third-order valence-corrected chi connectivity index (χ3v) is 3.24. The number of anilines is 2. The fourth-order valence-electron chi connectivity index (χ4n) is 1.74. The number of aliphatic hydroxyl groups is 1. The maximum Gasteiger partial charge on any atom is 0.101 e. The summed E-state index contributed by atoms with van der Waals surface area (Å²) < 4.78 is 0. The first-order valence-corrected chi connectivity index (χ1v) is 5.79. The number of nitrogen functional groups attached to an aromatic ring is 1. The smallest absolute Gasteiger partial charge is 0.101 e. The Bertz CT molecular complexity index is 411. The highest BCUT2D eigenvalue weighted by Gasteiger charge is 2.24. The summed E-state index contributed by atoms with van der Waals surface area (Å²) in [6.45, 7) is 4.12. The molecule has 1 aromatic carbocycles. The zero-order valence-corrected chi connectivity index (χ0v) is 10.3. The van der Waals surface area contributed by atoms with E-state index in [1.54, 1.807) is 12.1 Å². The zero-order chi connectivity index (χ0) is 12.9. The molecule has 4 N–H and O–H groups in total. The van der Waals surface area contributed by atoms with Gasteiger partial charge in [-0.05, 0) is 31.0 Å². The Kier molecular flexibility index (Phi) is 4.36. The van der Waals surface area contributed by atoms with Crippen LogP contribution in [0.1, 0.15) is 32.3 Å². The number of hydrogen-bond donors (Lipinski definition) is 3. The van der Waals surface area contributed by atoms with Crippen molar-refractivity contribution < 1.29 is 5.11 Å². The summed E-state index contributed by atoms with van der Waals surface area (Å²) >= 11 is 0. The minimum atomic E-state index is -0.319. The second-order valence-corrected chi connectivity index (χ2v) is 4.18. The lowest BCUT2D eigenvalue weighted by atomic mass is 9.93. The maximum absolute atomic E-state index is 9.46. The number of nitrogens with zero attached hydrogens (tertiary/aromatic N) is 1. The second kappa shape index (κ2) is 5.55. The van der Waals surface area contributed by atoms with E-state index in [0.717, 1.165) is 18.5 Å². The van der Waals surface area contributed by atoms with Crippen LogP contribution in [0.2, 0.25) is 0 Å². The first-order chi connectivity index (χ1) is 8.10. The molecule has 0 aliphatic rings. The van der Waals surface area contributed by atoms with Crippen LogP contribution in [-0.2, 0) is 0 Å². The molecule has 0 aliphatic carbocycles. The van der Waals surface area contributed by atoms with Gasteiger partial charge in [-0.3, -0.25) is 0 Å². The van der Waals surface area contributed by atoms with Crippen molar-refractivity contribution in [2.45, 2.75) is 32.2 Å². The minimum absolute atomic E-state index is 0.0694. The number of hydrogen-bond acceptors (Lipinski definition) is 4. The molecule has 17 heavy (non-hydrogen) atoms. The van der Waals surface area contributed by atoms with Gasteiger partial charge in [-0.1, -0.05) is 13.8 Å². The predicted molar refractivity (Wildman–Crippen MR) is 69.6 cm³/mol. The largest absolute Gasteiger partial charge is 0.398 e. The zero-order valence-electron chi connectivity index (χ0n) is 10.3. The van der Waals surface area contributed by atoms with Crippen molar-refractivity contribution in [3.8, 4) is 6.07 Å². The van der Waals surface area contributed by atoms with Gasteiger partial charge in [-0.2, -0.15) is 5.26 Å². The molecule has 1 rings (SSSR count). The van der Waals surface area contributed by atoms with Crippen LogP contribution in [-0.4, -0.2) is 17.3 Å². The first-order valence-electron chi connectivity index (χ1n) is 5.79. The highest BCUT2D eigenvalue weighted by Crippen LogP contribution is 2.24. The topological polar surface area (TPSA) is 82.1 Å². The number of aliphatic hydroxyl groups excluding tert-OH is 1. The molecule has 0 amide bonds. The van der Waals surface area contributed by atoms with Gasteiger partial charge in [-0.15, -0.1) is 0 Å². The van der Waals surface area contributed by atoms with Crippen molar-refractivity contribution in [1.82, 2.24) is 0 Å². The van der Waals surface area contributed by atoms with E-state index in [1.165, 1.54) is 0 Å². The summed E-state index contributed by atoms with van der Waals surface area (Å²) in [6.07, 6.45) is 1.64. The van der Waals surface area contributed by atoms with Gasteiger partial charge < -0.3 is 16.2 Å². The lowest BCUT2D eigenvalue weighted by molar-refractivity contribution is 0.202. The highest BCUT2D eigenvalue weighted by atomic mass is 16.3. The van der Waals surface area contributed by atoms with Crippen molar-refractivity contribution in [2.24, 2.45) is 0 Å². The number of nitrogens with one attached hydrogen (secondary N) is 1. The predicted octanol–water partition coefficient (Wildman–Crippen LogP) is 2.10. The molecular weight excluding hydrogens is 214 g/mol. The van der Waals surface area contributed by atoms with E-state index in [4.69, 9.17) is 11.0 Å². The number of nitrogens with two attached hydrogens (primary N) is 1. The van der Waals surface area contributed by atoms with Crippen LogP contribution in [0.4, 0.5) is 11.4 Å². The summed E-state index contributed by atoms with van der Waals surface area (Å²) in [5.74, 6) is 0. The Hall–Kier alpha value is -1.73. The maximum atomic E-state index is 9.46. The van der Waals surface area contributed by atoms with Crippen molar-refractivity contribution in [1.29, 1.82) is 5.26 Å². The van der Waals surface area contributed by atoms with Gasteiger partial charge in [0, 0.05) is 5.69 Å². The van der Waals surface area contributed by atoms with Gasteiger partial charge in [0.15, 0.2) is 0 Å². The van der Waals surface area contributed by atoms with Crippen LogP contribution in [0.5, 0.6) is 0 Å². The molecule has 0 unspecified atom stereocenters. The molecule has 0 radical (unpaired) electrons. The van der Waals surface area contributed by atoms with Gasteiger partial charge >= 0.3 is 0 Å². The molecule has 0 saturated heterocycles. The molecule has 0 heterocycles. The Balaban J connectivity index is 2.95. The molecular formula is C13H19N3O. The van der Waals surface area contributed by atoms with Crippen molar-refractivity contribution in [3.63, 3.8) is 0 Å². The average molecular weight is 233 g/mol. The summed E-state index contributed by atoms with van der Waals surface area (Å²) in [6, 6.07) is 7.25. The van der Waals surface area contributed by atoms with Crippen LogP contribution in [0.25, 0.3) is 0 Å². The highest BCUT2D eigenvalue weighted by molar-refractivity contribution is 5.63. The molecule has 0 saturated carbocycles. The Morgan fingerprint density at radius 3 is 2.47 bits per heavy atom. The van der Waals surface area contributed by atoms with Crippen LogP contribution < -0.4 is 11.1 Å². The standard InChI is InChI=1S/C13H19N3O/c1-3-13(4-2,9-17)16-11-6-5-10(8-14)12(15)7-11/h5-7,16-17H,3-4,9,15H2,1-2H3. The average Bonchev–Trinajstić information content (AvgIpc) is 2.36. The molecule has 0 fully saturated rings. The molecule has 0 bridgehead atoms. The first kappa shape index (κ1) is 13.3. The molecule has 4 heteroatoms. The fraction of sp³-hybridized carbons (Fsp3) is 0.462. The fourth-order valence-corrected chi connectivity index (χ4v) is 1.74. The molecule has 0 aliphatic heterocycles. The molecule has 0 aromatic heterocycles. The van der Waals surface area contributed by atoms with Crippen molar-refractivity contribution in [3.05, 3.63) is 23.8 Å². The molecule has 4 nitrogen and oxygen atoms in total. The van der Waals surface area contributed by atoms with Crippen LogP contribution in [0, 0.1) is 11.3 Å². The van der Waals surface area contributed by atoms with E-state index >= 15 is 0 Å².